The van der Waals surface area contributed by atoms with Crippen LogP contribution in [0.15, 0.2) is 90.0 Å². The molecule has 0 aliphatic heterocycles. The molecule has 148 valence electrons. The number of hydrogen-bond acceptors (Lipinski definition) is 5. The van der Waals surface area contributed by atoms with Gasteiger partial charge in [0.2, 0.25) is 5.13 Å². The van der Waals surface area contributed by atoms with E-state index in [0.717, 1.165) is 5.56 Å². The molecular weight excluding hydrogens is 399 g/mol. The molecular formula is C23H17FN4OS. The van der Waals surface area contributed by atoms with Crippen LogP contribution in [0.3, 0.4) is 0 Å². The lowest BCUT2D eigenvalue weighted by molar-refractivity contribution is 0.102. The largest absolute Gasteiger partial charge is 0.312 e. The van der Waals surface area contributed by atoms with Crippen LogP contribution >= 0.6 is 11.3 Å². The maximum Gasteiger partial charge on any atom is 0.256 e. The van der Waals surface area contributed by atoms with Gasteiger partial charge in [-0.05, 0) is 42.0 Å². The second kappa shape index (κ2) is 9.11. The van der Waals surface area contributed by atoms with E-state index in [2.05, 4.69) is 20.8 Å². The van der Waals surface area contributed by atoms with E-state index in [1.54, 1.807) is 42.6 Å². The van der Waals surface area contributed by atoms with Crippen LogP contribution in [0.25, 0.3) is 11.3 Å². The molecule has 5 nitrogen and oxygen atoms in total. The minimum Gasteiger partial charge on any atom is -0.312 e. The quantitative estimate of drug-likeness (QED) is 0.315. The zero-order valence-electron chi connectivity index (χ0n) is 15.7. The summed E-state index contributed by atoms with van der Waals surface area (Å²) >= 11 is 1.26. The molecule has 1 heterocycles. The van der Waals surface area contributed by atoms with E-state index in [1.165, 1.54) is 23.5 Å². The lowest BCUT2D eigenvalue weighted by Gasteiger charge is -2.05. The summed E-state index contributed by atoms with van der Waals surface area (Å²) in [6.07, 6.45) is 1.68. The van der Waals surface area contributed by atoms with Crippen LogP contribution in [0.2, 0.25) is 0 Å². The maximum atomic E-state index is 13.3. The Morgan fingerprint density at radius 2 is 1.60 bits per heavy atom. The van der Waals surface area contributed by atoms with Gasteiger partial charge in [0.1, 0.15) is 16.5 Å². The molecule has 4 rings (SSSR count). The highest BCUT2D eigenvalue weighted by Crippen LogP contribution is 2.36. The summed E-state index contributed by atoms with van der Waals surface area (Å²) in [6.45, 7) is 0. The second-order valence-corrected chi connectivity index (χ2v) is 7.30. The van der Waals surface area contributed by atoms with Crippen LogP contribution in [0.1, 0.15) is 15.9 Å². The molecule has 0 fully saturated rings. The molecule has 3 aromatic carbocycles. The lowest BCUT2D eigenvalue weighted by Crippen LogP contribution is -2.11. The van der Waals surface area contributed by atoms with E-state index in [9.17, 15) is 9.18 Å². The summed E-state index contributed by atoms with van der Waals surface area (Å²) in [5.41, 5.74) is 5.61. The molecule has 0 aliphatic carbocycles. The van der Waals surface area contributed by atoms with E-state index in [4.69, 9.17) is 0 Å². The summed E-state index contributed by atoms with van der Waals surface area (Å²) in [5.74, 6) is -0.586. The summed E-state index contributed by atoms with van der Waals surface area (Å²) < 4.78 is 13.3. The van der Waals surface area contributed by atoms with Crippen molar-refractivity contribution in [3.05, 3.63) is 102 Å². The zero-order valence-corrected chi connectivity index (χ0v) is 16.6. The van der Waals surface area contributed by atoms with Crippen LogP contribution in [0.4, 0.5) is 14.5 Å². The monoisotopic (exact) mass is 416 g/mol. The fourth-order valence-corrected chi connectivity index (χ4v) is 3.55. The predicted molar refractivity (Wildman–Crippen MR) is 120 cm³/mol. The van der Waals surface area contributed by atoms with Crippen molar-refractivity contribution in [2.45, 2.75) is 0 Å². The number of nitrogens with one attached hydrogen (secondary N) is 2. The first-order valence-electron chi connectivity index (χ1n) is 9.16. The highest BCUT2D eigenvalue weighted by molar-refractivity contribution is 7.20. The molecule has 0 radical (unpaired) electrons. The highest BCUT2D eigenvalue weighted by Gasteiger charge is 2.16. The van der Waals surface area contributed by atoms with E-state index in [0.29, 0.717) is 27.0 Å². The Balaban J connectivity index is 1.60. The molecule has 0 saturated heterocycles. The first kappa shape index (κ1) is 19.5. The van der Waals surface area contributed by atoms with E-state index in [-0.39, 0.29) is 11.7 Å². The van der Waals surface area contributed by atoms with Gasteiger partial charge in [0.25, 0.3) is 5.91 Å². The van der Waals surface area contributed by atoms with Gasteiger partial charge in [0, 0.05) is 11.1 Å². The van der Waals surface area contributed by atoms with Crippen LogP contribution in [-0.4, -0.2) is 17.1 Å². The summed E-state index contributed by atoms with van der Waals surface area (Å²) in [5, 5.41) is 8.16. The number of nitrogens with zero attached hydrogens (tertiary/aromatic N) is 2. The van der Waals surface area contributed by atoms with Crippen molar-refractivity contribution in [1.82, 2.24) is 4.98 Å². The Morgan fingerprint density at radius 3 is 2.30 bits per heavy atom. The van der Waals surface area contributed by atoms with Gasteiger partial charge in [-0.2, -0.15) is 5.10 Å². The van der Waals surface area contributed by atoms with E-state index in [1.807, 2.05) is 36.4 Å². The van der Waals surface area contributed by atoms with Crippen LogP contribution in [-0.2, 0) is 0 Å². The minimum atomic E-state index is -0.338. The molecule has 0 atom stereocenters. The van der Waals surface area contributed by atoms with Crippen molar-refractivity contribution < 1.29 is 9.18 Å². The predicted octanol–water partition coefficient (Wildman–Crippen LogP) is 5.65. The first-order valence-corrected chi connectivity index (χ1v) is 9.98. The number of carbonyl (C=O) groups is 1. The minimum absolute atomic E-state index is 0.248. The topological polar surface area (TPSA) is 66.4 Å². The number of hydrogen-bond donors (Lipinski definition) is 2. The molecule has 0 aliphatic rings. The number of halogens is 1. The highest BCUT2D eigenvalue weighted by atomic mass is 32.1. The van der Waals surface area contributed by atoms with Gasteiger partial charge in [-0.3, -0.25) is 10.2 Å². The van der Waals surface area contributed by atoms with Crippen molar-refractivity contribution in [3.63, 3.8) is 0 Å². The number of hydrazone groups is 1. The van der Waals surface area contributed by atoms with Gasteiger partial charge in [0.15, 0.2) is 0 Å². The van der Waals surface area contributed by atoms with Crippen molar-refractivity contribution in [2.24, 2.45) is 5.10 Å². The smallest absolute Gasteiger partial charge is 0.256 e. The van der Waals surface area contributed by atoms with Crippen molar-refractivity contribution in [3.8, 4) is 11.3 Å². The fraction of sp³-hybridized carbons (Fsp3) is 0. The molecule has 0 bridgehead atoms. The third kappa shape index (κ3) is 4.76. The molecule has 0 saturated carbocycles. The number of thiazole rings is 1. The number of aromatic nitrogens is 1. The number of amides is 1. The zero-order chi connectivity index (χ0) is 20.8. The third-order valence-electron chi connectivity index (χ3n) is 4.18. The lowest BCUT2D eigenvalue weighted by atomic mass is 10.1. The standard InChI is InChI=1S/C23H17FN4OS/c24-19-13-11-17(12-14-19)20-22(27-21(29)18-9-5-2-6-10-18)30-23(26-20)28-25-15-16-7-3-1-4-8-16/h1-15H,(H,26,28)(H,27,29)/b25-15+. The first-order chi connectivity index (χ1) is 14.7. The maximum absolute atomic E-state index is 13.3. The molecule has 2 N–H and O–H groups in total. The van der Waals surface area contributed by atoms with Crippen LogP contribution in [0.5, 0.6) is 0 Å². The van der Waals surface area contributed by atoms with Gasteiger partial charge >= 0.3 is 0 Å². The Bertz CT molecular complexity index is 1160. The number of carbonyl (C=O) groups excluding carboxylic acids is 1. The molecule has 1 amide bonds. The molecule has 30 heavy (non-hydrogen) atoms. The Hall–Kier alpha value is -3.84. The molecule has 0 spiro atoms. The second-order valence-electron chi connectivity index (χ2n) is 6.30. The average Bonchev–Trinajstić information content (AvgIpc) is 3.18. The van der Waals surface area contributed by atoms with Gasteiger partial charge in [0.05, 0.1) is 6.21 Å². The summed E-state index contributed by atoms with van der Waals surface area (Å²) in [7, 11) is 0. The molecule has 0 unspecified atom stereocenters. The van der Waals surface area contributed by atoms with Crippen molar-refractivity contribution in [1.29, 1.82) is 0 Å². The van der Waals surface area contributed by atoms with Crippen molar-refractivity contribution >= 4 is 33.6 Å². The third-order valence-corrected chi connectivity index (χ3v) is 5.06. The SMILES string of the molecule is O=C(Nc1sc(N/N=C/c2ccccc2)nc1-c1ccc(F)cc1)c1ccccc1. The summed E-state index contributed by atoms with van der Waals surface area (Å²) in [4.78, 5) is 17.2. The molecule has 4 aromatic rings. The normalized spacial score (nSPS) is 10.8. The molecule has 1 aromatic heterocycles. The number of anilines is 2. The van der Waals surface area contributed by atoms with Gasteiger partial charge in [-0.25, -0.2) is 9.37 Å². The number of rotatable bonds is 6. The fourth-order valence-electron chi connectivity index (χ4n) is 2.72. The van der Waals surface area contributed by atoms with Crippen molar-refractivity contribution in [2.75, 3.05) is 10.7 Å². The summed E-state index contributed by atoms with van der Waals surface area (Å²) in [6, 6.07) is 24.5. The number of benzene rings is 3. The van der Waals surface area contributed by atoms with Crippen LogP contribution in [0, 0.1) is 5.82 Å². The Labute approximate surface area is 176 Å². The van der Waals surface area contributed by atoms with Gasteiger partial charge in [-0.1, -0.05) is 59.9 Å². The average molecular weight is 416 g/mol. The Kier molecular flexibility index (Phi) is 5.91. The Morgan fingerprint density at radius 1 is 0.933 bits per heavy atom. The van der Waals surface area contributed by atoms with E-state index < -0.39 is 0 Å². The van der Waals surface area contributed by atoms with Crippen LogP contribution < -0.4 is 10.7 Å². The van der Waals surface area contributed by atoms with Gasteiger partial charge in [-0.15, -0.1) is 0 Å². The van der Waals surface area contributed by atoms with Gasteiger partial charge < -0.3 is 5.32 Å². The van der Waals surface area contributed by atoms with E-state index >= 15 is 0 Å². The molecule has 7 heteroatoms.